The molecule has 0 aliphatic carbocycles. The smallest absolute Gasteiger partial charge is 0.135 e. The van der Waals surface area contributed by atoms with Gasteiger partial charge in [-0.15, -0.1) is 5.10 Å². The summed E-state index contributed by atoms with van der Waals surface area (Å²) in [7, 11) is 0. The molecule has 0 amide bonds. The predicted molar refractivity (Wildman–Crippen MR) is 128 cm³/mol. The summed E-state index contributed by atoms with van der Waals surface area (Å²) in [4.78, 5) is 1.96. The molecule has 3 nitrogen and oxygen atoms in total. The maximum Gasteiger partial charge on any atom is 0.135 e. The van der Waals surface area contributed by atoms with Crippen LogP contribution in [0.25, 0.3) is 5.70 Å². The molecule has 0 saturated carbocycles. The van der Waals surface area contributed by atoms with E-state index in [4.69, 9.17) is 0 Å². The molecular weight excluding hydrogens is 373 g/mol. The van der Waals surface area contributed by atoms with Gasteiger partial charge in [-0.25, -0.2) is 4.39 Å². The molecule has 0 radical (unpaired) electrons. The van der Waals surface area contributed by atoms with Crippen molar-refractivity contribution in [3.8, 4) is 0 Å². The first-order valence-electron chi connectivity index (χ1n) is 10.6. The van der Waals surface area contributed by atoms with Gasteiger partial charge in [0.15, 0.2) is 0 Å². The third-order valence-corrected chi connectivity index (χ3v) is 5.64. The molecule has 2 aromatic carbocycles. The summed E-state index contributed by atoms with van der Waals surface area (Å²) < 4.78 is 14.7. The highest BCUT2D eigenvalue weighted by molar-refractivity contribution is 5.99. The zero-order valence-corrected chi connectivity index (χ0v) is 19.4. The van der Waals surface area contributed by atoms with Gasteiger partial charge in [0.25, 0.3) is 0 Å². The normalized spacial score (nSPS) is 12.3. The van der Waals surface area contributed by atoms with Gasteiger partial charge in [-0.05, 0) is 94.0 Å². The Balaban J connectivity index is 2.37. The maximum absolute atomic E-state index is 14.7. The first-order chi connectivity index (χ1) is 14.2. The van der Waals surface area contributed by atoms with Crippen molar-refractivity contribution in [2.24, 2.45) is 10.2 Å². The number of amidine groups is 1. The second-order valence-electron chi connectivity index (χ2n) is 7.96. The van der Waals surface area contributed by atoms with Crippen LogP contribution in [0.2, 0.25) is 0 Å². The van der Waals surface area contributed by atoms with E-state index in [0.29, 0.717) is 22.7 Å². The van der Waals surface area contributed by atoms with Crippen LogP contribution in [0.1, 0.15) is 67.0 Å². The molecule has 0 aliphatic rings. The van der Waals surface area contributed by atoms with E-state index >= 15 is 0 Å². The Hall–Kier alpha value is -2.75. The number of unbranched alkanes of at least 4 members (excludes halogenated alkanes) is 1. The lowest BCUT2D eigenvalue weighted by Gasteiger charge is -2.26. The standard InChI is InChI=1S/C26H34FN3/c1-9-10-14-30(22(7)25-13-11-12-17(2)26(25)27)23(8)29-28-21(6)24-15-18(3)20(5)19(4)16-24/h11-13,15-16H,7,9-10,14H2,1-6,8H3/b28-21+,29-23+. The minimum absolute atomic E-state index is 0.234. The van der Waals surface area contributed by atoms with Gasteiger partial charge in [0.1, 0.15) is 11.7 Å². The van der Waals surface area contributed by atoms with Crippen molar-refractivity contribution in [2.75, 3.05) is 6.54 Å². The number of nitrogens with zero attached hydrogens (tertiary/aromatic N) is 3. The number of benzene rings is 2. The summed E-state index contributed by atoms with van der Waals surface area (Å²) in [6, 6.07) is 9.67. The molecular formula is C26H34FN3. The predicted octanol–water partition coefficient (Wildman–Crippen LogP) is 6.97. The van der Waals surface area contributed by atoms with Crippen LogP contribution in [0.3, 0.4) is 0 Å². The SMILES string of the molecule is C=C(c1cccc(C)c1F)N(CCCC)/C(C)=N/N=C(\C)c1cc(C)c(C)c(C)c1. The van der Waals surface area contributed by atoms with E-state index in [1.165, 1.54) is 16.7 Å². The van der Waals surface area contributed by atoms with Crippen molar-refractivity contribution in [3.63, 3.8) is 0 Å². The lowest BCUT2D eigenvalue weighted by Crippen LogP contribution is -2.28. The summed E-state index contributed by atoms with van der Waals surface area (Å²) >= 11 is 0. The molecule has 0 atom stereocenters. The fourth-order valence-electron chi connectivity index (χ4n) is 3.33. The quantitative estimate of drug-likeness (QED) is 0.276. The fourth-order valence-corrected chi connectivity index (χ4v) is 3.33. The molecule has 2 rings (SSSR count). The van der Waals surface area contributed by atoms with Crippen molar-refractivity contribution >= 4 is 17.2 Å². The monoisotopic (exact) mass is 407 g/mol. The Morgan fingerprint density at radius 1 is 1.00 bits per heavy atom. The number of rotatable bonds is 7. The number of halogens is 1. The van der Waals surface area contributed by atoms with Crippen LogP contribution in [0, 0.1) is 33.5 Å². The second kappa shape index (κ2) is 10.3. The van der Waals surface area contributed by atoms with Crippen molar-refractivity contribution in [1.29, 1.82) is 0 Å². The highest BCUT2D eigenvalue weighted by Crippen LogP contribution is 2.24. The molecule has 0 aromatic heterocycles. The maximum atomic E-state index is 14.7. The van der Waals surface area contributed by atoms with Gasteiger partial charge in [0.2, 0.25) is 0 Å². The van der Waals surface area contributed by atoms with Gasteiger partial charge in [0.05, 0.1) is 5.71 Å². The molecule has 0 heterocycles. The van der Waals surface area contributed by atoms with Crippen molar-refractivity contribution in [1.82, 2.24) is 4.90 Å². The van der Waals surface area contributed by atoms with Crippen molar-refractivity contribution in [2.45, 2.75) is 61.3 Å². The fraction of sp³-hybridized carbons (Fsp3) is 0.385. The zero-order chi connectivity index (χ0) is 22.4. The van der Waals surface area contributed by atoms with E-state index in [9.17, 15) is 4.39 Å². The highest BCUT2D eigenvalue weighted by atomic mass is 19.1. The van der Waals surface area contributed by atoms with E-state index in [0.717, 1.165) is 30.7 Å². The van der Waals surface area contributed by atoms with E-state index in [1.54, 1.807) is 19.1 Å². The molecule has 0 N–H and O–H groups in total. The first kappa shape index (κ1) is 23.5. The molecule has 30 heavy (non-hydrogen) atoms. The summed E-state index contributed by atoms with van der Waals surface area (Å²) in [5.41, 5.74) is 7.43. The van der Waals surface area contributed by atoms with E-state index < -0.39 is 0 Å². The van der Waals surface area contributed by atoms with Gasteiger partial charge >= 0.3 is 0 Å². The average Bonchev–Trinajstić information content (AvgIpc) is 2.71. The highest BCUT2D eigenvalue weighted by Gasteiger charge is 2.17. The molecule has 0 fully saturated rings. The largest absolute Gasteiger partial charge is 0.328 e. The second-order valence-corrected chi connectivity index (χ2v) is 7.96. The average molecular weight is 408 g/mol. The Labute approximate surface area is 181 Å². The number of aryl methyl sites for hydroxylation is 3. The van der Waals surface area contributed by atoms with Crippen LogP contribution in [0.5, 0.6) is 0 Å². The molecule has 4 heteroatoms. The van der Waals surface area contributed by atoms with Crippen LogP contribution < -0.4 is 0 Å². The van der Waals surface area contributed by atoms with Crippen molar-refractivity contribution in [3.05, 3.63) is 76.1 Å². The van der Waals surface area contributed by atoms with E-state index in [-0.39, 0.29) is 5.82 Å². The van der Waals surface area contributed by atoms with Crippen LogP contribution in [-0.2, 0) is 0 Å². The zero-order valence-electron chi connectivity index (χ0n) is 19.4. The summed E-state index contributed by atoms with van der Waals surface area (Å²) in [5, 5.41) is 8.96. The third-order valence-electron chi connectivity index (χ3n) is 5.64. The van der Waals surface area contributed by atoms with Crippen LogP contribution in [-0.4, -0.2) is 23.0 Å². The molecule has 0 unspecified atom stereocenters. The molecule has 0 saturated heterocycles. The molecule has 160 valence electrons. The number of hydrogen-bond acceptors (Lipinski definition) is 2. The Morgan fingerprint density at radius 2 is 1.63 bits per heavy atom. The van der Waals surface area contributed by atoms with Crippen LogP contribution in [0.15, 0.2) is 47.1 Å². The van der Waals surface area contributed by atoms with Gasteiger partial charge in [0, 0.05) is 17.8 Å². The molecule has 2 aromatic rings. The lowest BCUT2D eigenvalue weighted by atomic mass is 9.99. The van der Waals surface area contributed by atoms with Gasteiger partial charge in [-0.3, -0.25) is 0 Å². The van der Waals surface area contributed by atoms with E-state index in [1.807, 2.05) is 24.8 Å². The first-order valence-corrected chi connectivity index (χ1v) is 10.6. The summed E-state index contributed by atoms with van der Waals surface area (Å²) in [5.74, 6) is 0.469. The minimum Gasteiger partial charge on any atom is -0.328 e. The Morgan fingerprint density at radius 3 is 2.23 bits per heavy atom. The lowest BCUT2D eigenvalue weighted by molar-refractivity contribution is 0.535. The third kappa shape index (κ3) is 5.44. The van der Waals surface area contributed by atoms with Crippen LogP contribution in [0.4, 0.5) is 4.39 Å². The minimum atomic E-state index is -0.234. The van der Waals surface area contributed by atoms with Gasteiger partial charge in [-0.2, -0.15) is 5.10 Å². The Bertz CT molecular complexity index is 963. The van der Waals surface area contributed by atoms with Gasteiger partial charge in [-0.1, -0.05) is 32.1 Å². The summed E-state index contributed by atoms with van der Waals surface area (Å²) in [6.45, 7) is 19.0. The number of hydrogen-bond donors (Lipinski definition) is 0. The van der Waals surface area contributed by atoms with E-state index in [2.05, 4.69) is 56.6 Å². The molecule has 0 bridgehead atoms. The summed E-state index contributed by atoms with van der Waals surface area (Å²) in [6.07, 6.45) is 1.98. The van der Waals surface area contributed by atoms with Crippen LogP contribution >= 0.6 is 0 Å². The molecule has 0 aliphatic heterocycles. The van der Waals surface area contributed by atoms with Gasteiger partial charge < -0.3 is 4.90 Å². The molecule has 0 spiro atoms. The Kier molecular flexibility index (Phi) is 8.10. The topological polar surface area (TPSA) is 28.0 Å². The van der Waals surface area contributed by atoms with Crippen molar-refractivity contribution < 1.29 is 4.39 Å².